The van der Waals surface area contributed by atoms with Crippen molar-refractivity contribution in [3.05, 3.63) is 136 Å². The molecule has 4 aromatic carbocycles. The van der Waals surface area contributed by atoms with E-state index in [0.717, 1.165) is 5.56 Å². The van der Waals surface area contributed by atoms with Crippen LogP contribution >= 0.6 is 23.2 Å². The van der Waals surface area contributed by atoms with Crippen LogP contribution in [0.4, 0.5) is 4.39 Å². The number of hydrogen-bond donors (Lipinski definition) is 3. The first-order chi connectivity index (χ1) is 24.1. The van der Waals surface area contributed by atoms with Gasteiger partial charge in [-0.2, -0.15) is 0 Å². The molecule has 3 N–H and O–H groups in total. The summed E-state index contributed by atoms with van der Waals surface area (Å²) in [4.78, 5) is 41.8. The SMILES string of the molecule is CCn1cc(-c2ccc(Cl)cc2Cl)nc1[C@H](Cc1ccc(Oc2ccc(C(=O)O)cc2)cc1)NC(=O)CCCC(=O)NCc1cccc(F)c1. The molecule has 0 spiro atoms. The molecule has 0 radical (unpaired) electrons. The average molecular weight is 718 g/mol. The third kappa shape index (κ3) is 9.93. The predicted octanol–water partition coefficient (Wildman–Crippen LogP) is 8.39. The molecule has 5 rings (SSSR count). The molecular weight excluding hydrogens is 682 g/mol. The van der Waals surface area contributed by atoms with E-state index in [1.54, 1.807) is 54.6 Å². The molecule has 0 saturated heterocycles. The Kier molecular flexibility index (Phi) is 12.2. The van der Waals surface area contributed by atoms with Crippen LogP contribution < -0.4 is 15.4 Å². The van der Waals surface area contributed by atoms with Crippen LogP contribution in [0.2, 0.25) is 10.0 Å². The topological polar surface area (TPSA) is 123 Å². The molecule has 0 fully saturated rings. The minimum Gasteiger partial charge on any atom is -0.478 e. The van der Waals surface area contributed by atoms with Crippen molar-refractivity contribution in [1.82, 2.24) is 20.2 Å². The fourth-order valence-electron chi connectivity index (χ4n) is 5.34. The first-order valence-electron chi connectivity index (χ1n) is 16.0. The monoisotopic (exact) mass is 716 g/mol. The molecular formula is C38H35Cl2FN4O5. The van der Waals surface area contributed by atoms with E-state index in [4.69, 9.17) is 38.0 Å². The number of benzene rings is 4. The standard InChI is InChI=1S/C38H35Cl2FN4O5/c1-2-45-23-34(31-18-13-27(39)21-32(31)40)44-37(45)33(43-36(47)8-4-7-35(46)42-22-25-5-3-6-28(41)19-25)20-24-9-14-29(15-10-24)50-30-16-11-26(12-17-30)38(48)49/h3,5-6,9-19,21,23,33H,2,4,7-8,20,22H2,1H3,(H,42,46)(H,43,47)(H,48,49)/t33-/m0/s1. The van der Waals surface area contributed by atoms with Gasteiger partial charge in [0.2, 0.25) is 11.8 Å². The van der Waals surface area contributed by atoms with Gasteiger partial charge in [0.25, 0.3) is 0 Å². The molecule has 0 aliphatic rings. The summed E-state index contributed by atoms with van der Waals surface area (Å²) in [6.45, 7) is 2.76. The molecule has 0 saturated carbocycles. The Bertz CT molecular complexity index is 1970. The Morgan fingerprint density at radius 2 is 1.60 bits per heavy atom. The zero-order valence-corrected chi connectivity index (χ0v) is 28.7. The van der Waals surface area contributed by atoms with Crippen molar-refractivity contribution in [2.75, 3.05) is 0 Å². The van der Waals surface area contributed by atoms with Gasteiger partial charge in [-0.3, -0.25) is 9.59 Å². The molecule has 2 amide bonds. The van der Waals surface area contributed by atoms with E-state index in [1.807, 2.05) is 29.8 Å². The summed E-state index contributed by atoms with van der Waals surface area (Å²) in [5, 5.41) is 16.0. The fourth-order valence-corrected chi connectivity index (χ4v) is 5.84. The van der Waals surface area contributed by atoms with Crippen molar-refractivity contribution in [3.8, 4) is 22.8 Å². The Morgan fingerprint density at radius 3 is 2.26 bits per heavy atom. The van der Waals surface area contributed by atoms with Gasteiger partial charge in [0.15, 0.2) is 0 Å². The Balaban J connectivity index is 1.29. The molecule has 0 aliphatic carbocycles. The van der Waals surface area contributed by atoms with Crippen molar-refractivity contribution < 1.29 is 28.6 Å². The maximum atomic E-state index is 13.5. The van der Waals surface area contributed by atoms with Crippen LogP contribution in [-0.4, -0.2) is 32.4 Å². The number of aromatic nitrogens is 2. The number of nitrogens with zero attached hydrogens (tertiary/aromatic N) is 2. The molecule has 0 aliphatic heterocycles. The normalized spacial score (nSPS) is 11.5. The van der Waals surface area contributed by atoms with Gasteiger partial charge in [-0.1, -0.05) is 47.5 Å². The van der Waals surface area contributed by atoms with Gasteiger partial charge < -0.3 is 25.0 Å². The van der Waals surface area contributed by atoms with E-state index in [0.29, 0.717) is 63.6 Å². The molecule has 1 aromatic heterocycles. The number of amides is 2. The number of ether oxygens (including phenoxy) is 1. The molecule has 0 unspecified atom stereocenters. The maximum Gasteiger partial charge on any atom is 0.335 e. The van der Waals surface area contributed by atoms with Crippen molar-refractivity contribution >= 4 is 41.0 Å². The Hall–Kier alpha value is -5.19. The maximum absolute atomic E-state index is 13.5. The number of aryl methyl sites for hydroxylation is 1. The smallest absolute Gasteiger partial charge is 0.335 e. The lowest BCUT2D eigenvalue weighted by atomic mass is 10.0. The second kappa shape index (κ2) is 17.0. The van der Waals surface area contributed by atoms with Crippen LogP contribution in [0.25, 0.3) is 11.3 Å². The molecule has 0 bridgehead atoms. The molecule has 9 nitrogen and oxygen atoms in total. The first-order valence-corrected chi connectivity index (χ1v) is 16.8. The molecule has 1 heterocycles. The summed E-state index contributed by atoms with van der Waals surface area (Å²) in [7, 11) is 0. The summed E-state index contributed by atoms with van der Waals surface area (Å²) in [5.74, 6) is -0.175. The zero-order valence-electron chi connectivity index (χ0n) is 27.2. The van der Waals surface area contributed by atoms with Gasteiger partial charge in [0, 0.05) is 42.7 Å². The largest absolute Gasteiger partial charge is 0.478 e. The van der Waals surface area contributed by atoms with E-state index in [1.165, 1.54) is 24.3 Å². The van der Waals surface area contributed by atoms with Crippen LogP contribution in [0, 0.1) is 5.82 Å². The number of carbonyl (C=O) groups is 3. The lowest BCUT2D eigenvalue weighted by Gasteiger charge is -2.20. The number of carbonyl (C=O) groups excluding carboxylic acids is 2. The number of nitrogens with one attached hydrogen (secondary N) is 2. The number of aromatic carboxylic acids is 1. The van der Waals surface area contributed by atoms with Crippen LogP contribution in [0.1, 0.15) is 59.5 Å². The first kappa shape index (κ1) is 36.1. The van der Waals surface area contributed by atoms with Crippen LogP contribution in [0.5, 0.6) is 11.5 Å². The van der Waals surface area contributed by atoms with E-state index >= 15 is 0 Å². The van der Waals surface area contributed by atoms with E-state index in [-0.39, 0.29) is 42.6 Å². The van der Waals surface area contributed by atoms with Gasteiger partial charge >= 0.3 is 5.97 Å². The van der Waals surface area contributed by atoms with E-state index in [2.05, 4.69) is 10.6 Å². The number of rotatable bonds is 15. The Labute approximate surface area is 299 Å². The van der Waals surface area contributed by atoms with E-state index < -0.39 is 12.0 Å². The highest BCUT2D eigenvalue weighted by Crippen LogP contribution is 2.32. The highest BCUT2D eigenvalue weighted by molar-refractivity contribution is 6.36. The molecule has 12 heteroatoms. The average Bonchev–Trinajstić information content (AvgIpc) is 3.52. The van der Waals surface area contributed by atoms with Crippen LogP contribution in [-0.2, 0) is 29.1 Å². The summed E-state index contributed by atoms with van der Waals surface area (Å²) >= 11 is 12.6. The van der Waals surface area contributed by atoms with Crippen LogP contribution in [0.3, 0.4) is 0 Å². The lowest BCUT2D eigenvalue weighted by Crippen LogP contribution is -2.32. The number of halogens is 3. The van der Waals surface area contributed by atoms with Crippen molar-refractivity contribution in [1.29, 1.82) is 0 Å². The van der Waals surface area contributed by atoms with Crippen molar-refractivity contribution in [2.45, 2.75) is 51.7 Å². The zero-order chi connectivity index (χ0) is 35.6. The second-order valence-electron chi connectivity index (χ2n) is 11.6. The van der Waals surface area contributed by atoms with E-state index in [9.17, 15) is 18.8 Å². The predicted molar refractivity (Wildman–Crippen MR) is 190 cm³/mol. The molecule has 50 heavy (non-hydrogen) atoms. The number of carboxylic acid groups (broad SMARTS) is 1. The third-order valence-corrected chi connectivity index (χ3v) is 8.44. The quantitative estimate of drug-likeness (QED) is 0.100. The molecule has 1 atom stereocenters. The van der Waals surface area contributed by atoms with Crippen molar-refractivity contribution in [3.63, 3.8) is 0 Å². The Morgan fingerprint density at radius 1 is 0.900 bits per heavy atom. The van der Waals surface area contributed by atoms with Crippen molar-refractivity contribution in [2.24, 2.45) is 0 Å². The minimum absolute atomic E-state index is 0.111. The van der Waals surface area contributed by atoms with Gasteiger partial charge in [0.1, 0.15) is 23.1 Å². The summed E-state index contributed by atoms with van der Waals surface area (Å²) in [6.07, 6.45) is 2.86. The minimum atomic E-state index is -1.02. The summed E-state index contributed by atoms with van der Waals surface area (Å²) in [6, 6.07) is 24.2. The number of imidazole rings is 1. The highest BCUT2D eigenvalue weighted by Gasteiger charge is 2.23. The number of hydrogen-bond acceptors (Lipinski definition) is 5. The lowest BCUT2D eigenvalue weighted by molar-refractivity contribution is -0.123. The summed E-state index contributed by atoms with van der Waals surface area (Å²) in [5.41, 5.74) is 3.06. The van der Waals surface area contributed by atoms with Gasteiger partial charge in [0.05, 0.1) is 22.3 Å². The van der Waals surface area contributed by atoms with Crippen LogP contribution in [0.15, 0.2) is 97.2 Å². The van der Waals surface area contributed by atoms with Gasteiger partial charge in [-0.05, 0) is 97.6 Å². The number of carboxylic acids is 1. The third-order valence-electron chi connectivity index (χ3n) is 7.89. The van der Waals surface area contributed by atoms with Gasteiger partial charge in [-0.25, -0.2) is 14.2 Å². The second-order valence-corrected chi connectivity index (χ2v) is 12.4. The van der Waals surface area contributed by atoms with Gasteiger partial charge in [-0.15, -0.1) is 0 Å². The molecule has 5 aromatic rings. The highest BCUT2D eigenvalue weighted by atomic mass is 35.5. The molecule has 258 valence electrons. The fraction of sp³-hybridized carbons (Fsp3) is 0.211. The summed E-state index contributed by atoms with van der Waals surface area (Å²) < 4.78 is 21.3.